The number of hydrogen-bond donors (Lipinski definition) is 1. The van der Waals surface area contributed by atoms with Crippen molar-refractivity contribution in [1.82, 2.24) is 4.57 Å². The molecule has 0 aliphatic carbocycles. The van der Waals surface area contributed by atoms with Gasteiger partial charge in [0.25, 0.3) is 11.5 Å². The Morgan fingerprint density at radius 2 is 1.82 bits per heavy atom. The molecule has 6 rings (SSSR count). The quantitative estimate of drug-likeness (QED) is 0.236. The Kier molecular flexibility index (Phi) is 8.30. The fourth-order valence-corrected chi connectivity index (χ4v) is 6.21. The summed E-state index contributed by atoms with van der Waals surface area (Å²) in [4.78, 5) is 45.2. The Morgan fingerprint density at radius 3 is 2.60 bits per heavy atom. The van der Waals surface area contributed by atoms with Crippen LogP contribution in [0, 0.1) is 0 Å². The summed E-state index contributed by atoms with van der Waals surface area (Å²) in [5.41, 5.74) is 3.00. The van der Waals surface area contributed by atoms with E-state index in [-0.39, 0.29) is 18.1 Å². The van der Waals surface area contributed by atoms with Crippen LogP contribution in [0.5, 0.6) is 5.75 Å². The molecule has 10 heteroatoms. The van der Waals surface area contributed by atoms with Gasteiger partial charge in [0.05, 0.1) is 41.1 Å². The molecule has 0 saturated carbocycles. The van der Waals surface area contributed by atoms with Crippen LogP contribution in [-0.4, -0.2) is 30.2 Å². The number of fused-ring (bicyclic) bond motifs is 1. The molecule has 1 aliphatic heterocycles. The number of hydrogen-bond acceptors (Lipinski definition) is 8. The zero-order valence-corrected chi connectivity index (χ0v) is 25.6. The number of rotatable bonds is 8. The van der Waals surface area contributed by atoms with E-state index in [9.17, 15) is 14.4 Å². The lowest BCUT2D eigenvalue weighted by molar-refractivity contribution is -0.113. The second-order valence-corrected chi connectivity index (χ2v) is 11.2. The average Bonchev–Trinajstić information content (AvgIpc) is 3.65. The number of amides is 1. The third-order valence-corrected chi connectivity index (χ3v) is 8.25. The minimum atomic E-state index is -0.750. The van der Waals surface area contributed by atoms with E-state index >= 15 is 0 Å². The molecule has 0 unspecified atom stereocenters. The van der Waals surface area contributed by atoms with Crippen molar-refractivity contribution >= 4 is 35.0 Å². The molecule has 0 fully saturated rings. The number of esters is 1. The zero-order valence-electron chi connectivity index (χ0n) is 24.8. The van der Waals surface area contributed by atoms with Gasteiger partial charge in [-0.15, -0.1) is 0 Å². The van der Waals surface area contributed by atoms with Crippen molar-refractivity contribution in [2.75, 3.05) is 19.0 Å². The maximum atomic E-state index is 14.1. The van der Waals surface area contributed by atoms with Gasteiger partial charge in [0.1, 0.15) is 17.3 Å². The van der Waals surface area contributed by atoms with Crippen LogP contribution in [0.15, 0.2) is 116 Å². The standard InChI is InChI=1S/C35H29N3O6S/c1-4-43-34(41)24-12-8-10-22(18-24)28-17-16-27(44-28)20-29-33(40)38-31(23-11-9-15-26(19-23)42-3)30(21(2)36-35(38)45-29)32(39)37-25-13-6-5-7-14-25/h5-20,31H,4H2,1-3H3,(H,37,39)/b29-20-/t31-/m1/s1. The molecular formula is C35H29N3O6S. The SMILES string of the molecule is CCOC(=O)c1cccc(-c2ccc(/C=c3\sc4n(c3=O)[C@H](c3cccc(OC)c3)C(C(=O)Nc3ccccc3)=C(C)N=4)o2)c1. The Morgan fingerprint density at radius 1 is 1.02 bits per heavy atom. The number of carbonyl (C=O) groups is 2. The minimum absolute atomic E-state index is 0.280. The first-order valence-electron chi connectivity index (χ1n) is 14.3. The largest absolute Gasteiger partial charge is 0.497 e. The van der Waals surface area contributed by atoms with Gasteiger partial charge in [-0.25, -0.2) is 9.79 Å². The summed E-state index contributed by atoms with van der Waals surface area (Å²) in [6.45, 7) is 3.81. The average molecular weight is 620 g/mol. The predicted molar refractivity (Wildman–Crippen MR) is 172 cm³/mol. The van der Waals surface area contributed by atoms with Crippen molar-refractivity contribution in [3.05, 3.63) is 139 Å². The third-order valence-electron chi connectivity index (χ3n) is 7.27. The normalized spacial score (nSPS) is 14.5. The molecule has 5 aromatic rings. The predicted octanol–water partition coefficient (Wildman–Crippen LogP) is 5.32. The Labute approximate surface area is 262 Å². The minimum Gasteiger partial charge on any atom is -0.497 e. The molecule has 0 saturated heterocycles. The summed E-state index contributed by atoms with van der Waals surface area (Å²) < 4.78 is 18.6. The number of ether oxygens (including phenoxy) is 2. The summed E-state index contributed by atoms with van der Waals surface area (Å²) in [5, 5.41) is 2.95. The van der Waals surface area contributed by atoms with Crippen molar-refractivity contribution in [3.63, 3.8) is 0 Å². The van der Waals surface area contributed by atoms with E-state index in [1.54, 1.807) is 74.1 Å². The molecule has 3 aromatic carbocycles. The van der Waals surface area contributed by atoms with Gasteiger partial charge in [-0.2, -0.15) is 0 Å². The lowest BCUT2D eigenvalue weighted by Crippen LogP contribution is -2.40. The molecule has 1 aliphatic rings. The van der Waals surface area contributed by atoms with E-state index in [1.165, 1.54) is 11.3 Å². The van der Waals surface area contributed by atoms with E-state index in [0.29, 0.717) is 60.3 Å². The van der Waals surface area contributed by atoms with Gasteiger partial charge in [0.15, 0.2) is 4.80 Å². The second kappa shape index (κ2) is 12.6. The molecular weight excluding hydrogens is 590 g/mol. The molecule has 45 heavy (non-hydrogen) atoms. The van der Waals surface area contributed by atoms with E-state index < -0.39 is 12.0 Å². The number of carbonyl (C=O) groups excluding carboxylic acids is 2. The Hall–Kier alpha value is -5.48. The van der Waals surface area contributed by atoms with Gasteiger partial charge in [-0.3, -0.25) is 14.2 Å². The molecule has 3 heterocycles. The lowest BCUT2D eigenvalue weighted by Gasteiger charge is -2.25. The molecule has 1 amide bonds. The summed E-state index contributed by atoms with van der Waals surface area (Å²) in [6.07, 6.45) is 1.66. The van der Waals surface area contributed by atoms with Crippen molar-refractivity contribution in [1.29, 1.82) is 0 Å². The van der Waals surface area contributed by atoms with Gasteiger partial charge in [-0.05, 0) is 67.9 Å². The highest BCUT2D eigenvalue weighted by molar-refractivity contribution is 7.07. The van der Waals surface area contributed by atoms with Gasteiger partial charge in [0, 0.05) is 17.3 Å². The maximum absolute atomic E-state index is 14.1. The van der Waals surface area contributed by atoms with Crippen LogP contribution in [0.25, 0.3) is 17.4 Å². The first-order valence-corrected chi connectivity index (χ1v) is 15.1. The number of aromatic nitrogens is 1. The summed E-state index contributed by atoms with van der Waals surface area (Å²) in [6, 6.07) is 26.2. The number of para-hydroxylation sites is 1. The van der Waals surface area contributed by atoms with Crippen LogP contribution < -0.4 is 24.9 Å². The first kappa shape index (κ1) is 29.6. The van der Waals surface area contributed by atoms with Gasteiger partial charge in [0.2, 0.25) is 0 Å². The van der Waals surface area contributed by atoms with E-state index in [1.807, 2.05) is 48.5 Å². The van der Waals surface area contributed by atoms with Crippen LogP contribution in [-0.2, 0) is 9.53 Å². The van der Waals surface area contributed by atoms with E-state index in [2.05, 4.69) is 5.32 Å². The summed E-state index contributed by atoms with van der Waals surface area (Å²) in [5.74, 6) is 0.815. The first-order chi connectivity index (χ1) is 21.9. The second-order valence-electron chi connectivity index (χ2n) is 10.2. The van der Waals surface area contributed by atoms with Crippen LogP contribution in [0.1, 0.15) is 41.6 Å². The lowest BCUT2D eigenvalue weighted by atomic mass is 9.95. The van der Waals surface area contributed by atoms with Crippen LogP contribution >= 0.6 is 11.3 Å². The number of nitrogens with zero attached hydrogens (tertiary/aromatic N) is 2. The topological polar surface area (TPSA) is 112 Å². The summed E-state index contributed by atoms with van der Waals surface area (Å²) >= 11 is 1.21. The van der Waals surface area contributed by atoms with E-state index in [0.717, 1.165) is 0 Å². The third kappa shape index (κ3) is 6.00. The Balaban J connectivity index is 1.41. The van der Waals surface area contributed by atoms with Gasteiger partial charge in [-0.1, -0.05) is 53.8 Å². The Bertz CT molecular complexity index is 2120. The zero-order chi connectivity index (χ0) is 31.5. The van der Waals surface area contributed by atoms with Crippen molar-refractivity contribution in [2.45, 2.75) is 19.9 Å². The molecule has 1 N–H and O–H groups in total. The highest BCUT2D eigenvalue weighted by atomic mass is 32.1. The number of furan rings is 1. The molecule has 1 atom stereocenters. The number of allylic oxidation sites excluding steroid dienone is 1. The van der Waals surface area contributed by atoms with Crippen molar-refractivity contribution in [2.24, 2.45) is 4.99 Å². The molecule has 226 valence electrons. The van der Waals surface area contributed by atoms with Crippen molar-refractivity contribution < 1.29 is 23.5 Å². The molecule has 0 spiro atoms. The van der Waals surface area contributed by atoms with E-state index in [4.69, 9.17) is 18.9 Å². The molecule has 9 nitrogen and oxygen atoms in total. The highest BCUT2D eigenvalue weighted by Crippen LogP contribution is 2.32. The maximum Gasteiger partial charge on any atom is 0.338 e. The fourth-order valence-electron chi connectivity index (χ4n) is 5.19. The molecule has 2 aromatic heterocycles. The number of nitrogens with one attached hydrogen (secondary N) is 1. The fraction of sp³-hybridized carbons (Fsp3) is 0.143. The van der Waals surface area contributed by atoms with Crippen LogP contribution in [0.3, 0.4) is 0 Å². The monoisotopic (exact) mass is 619 g/mol. The van der Waals surface area contributed by atoms with Crippen molar-refractivity contribution in [3.8, 4) is 17.1 Å². The molecule has 0 bridgehead atoms. The van der Waals surface area contributed by atoms with Crippen LogP contribution in [0.4, 0.5) is 5.69 Å². The van der Waals surface area contributed by atoms with Gasteiger partial charge < -0.3 is 19.2 Å². The van der Waals surface area contributed by atoms with Crippen LogP contribution in [0.2, 0.25) is 0 Å². The summed E-state index contributed by atoms with van der Waals surface area (Å²) in [7, 11) is 1.57. The van der Waals surface area contributed by atoms with Gasteiger partial charge >= 0.3 is 5.97 Å². The molecule has 0 radical (unpaired) electrons. The highest BCUT2D eigenvalue weighted by Gasteiger charge is 2.33. The number of benzene rings is 3. The smallest absolute Gasteiger partial charge is 0.338 e. The number of thiazole rings is 1. The number of anilines is 1. The number of methoxy groups -OCH3 is 1.